The molecule has 0 radical (unpaired) electrons. The van der Waals surface area contributed by atoms with Gasteiger partial charge in [0.1, 0.15) is 11.2 Å². The van der Waals surface area contributed by atoms with Crippen molar-refractivity contribution in [3.05, 3.63) is 121 Å². The Labute approximate surface area is 238 Å². The van der Waals surface area contributed by atoms with Crippen LogP contribution in [-0.2, 0) is 5.41 Å². The molecule has 0 N–H and O–H groups in total. The van der Waals surface area contributed by atoms with E-state index < -0.39 is 0 Å². The van der Waals surface area contributed by atoms with Crippen LogP contribution in [0.4, 0.5) is 0 Å². The van der Waals surface area contributed by atoms with Crippen LogP contribution in [0.15, 0.2) is 120 Å². The fourth-order valence-electron chi connectivity index (χ4n) is 7.37. The maximum Gasteiger partial charge on any atom is 0.143 e. The number of hydrogen-bond acceptors (Lipinski definition) is 1. The highest BCUT2D eigenvalue weighted by atomic mass is 16.3. The third-order valence-corrected chi connectivity index (χ3v) is 9.11. The summed E-state index contributed by atoms with van der Waals surface area (Å²) in [6, 6.07) is 42.4. The fourth-order valence-corrected chi connectivity index (χ4v) is 7.37. The fraction of sp³-hybridized carbons (Fsp3) is 0.100. The van der Waals surface area contributed by atoms with Crippen LogP contribution in [0.5, 0.6) is 0 Å². The Balaban J connectivity index is 1.52. The summed E-state index contributed by atoms with van der Waals surface area (Å²) in [6.07, 6.45) is 0. The molecular weight excluding hydrogens is 496 g/mol. The summed E-state index contributed by atoms with van der Waals surface area (Å²) in [5, 5.41) is 10.1. The second-order valence-corrected chi connectivity index (χ2v) is 12.5. The van der Waals surface area contributed by atoms with Crippen molar-refractivity contribution in [2.24, 2.45) is 0 Å². The molecule has 1 nitrogen and oxygen atoms in total. The largest absolute Gasteiger partial charge is 0.455 e. The van der Waals surface area contributed by atoms with Gasteiger partial charge in [-0.2, -0.15) is 0 Å². The number of benzene rings is 7. The van der Waals surface area contributed by atoms with E-state index in [4.69, 9.17) is 4.42 Å². The van der Waals surface area contributed by atoms with Crippen LogP contribution in [-0.4, -0.2) is 0 Å². The van der Waals surface area contributed by atoms with Gasteiger partial charge in [-0.05, 0) is 77.7 Å². The lowest BCUT2D eigenvalue weighted by Crippen LogP contribution is -2.11. The quantitative estimate of drug-likeness (QED) is 0.195. The highest BCUT2D eigenvalue weighted by Crippen LogP contribution is 2.56. The maximum absolute atomic E-state index is 6.67. The number of rotatable bonds is 1. The molecule has 41 heavy (non-hydrogen) atoms. The van der Waals surface area contributed by atoms with Crippen LogP contribution < -0.4 is 0 Å². The molecule has 0 saturated carbocycles. The molecule has 1 aromatic heterocycles. The van der Waals surface area contributed by atoms with Gasteiger partial charge in [0.2, 0.25) is 0 Å². The summed E-state index contributed by atoms with van der Waals surface area (Å²) in [6.45, 7) is 6.94. The summed E-state index contributed by atoms with van der Waals surface area (Å²) >= 11 is 0. The Morgan fingerprint density at radius 3 is 2.02 bits per heavy atom. The van der Waals surface area contributed by atoms with Crippen LogP contribution >= 0.6 is 0 Å². The van der Waals surface area contributed by atoms with Crippen molar-refractivity contribution < 1.29 is 4.42 Å². The predicted octanol–water partition coefficient (Wildman–Crippen LogP) is 11.7. The van der Waals surface area contributed by atoms with Crippen molar-refractivity contribution in [1.29, 1.82) is 0 Å². The van der Waals surface area contributed by atoms with E-state index in [2.05, 4.69) is 136 Å². The van der Waals surface area contributed by atoms with E-state index in [9.17, 15) is 0 Å². The molecule has 0 fully saturated rings. The van der Waals surface area contributed by atoms with Gasteiger partial charge in [-0.3, -0.25) is 0 Å². The highest BCUT2D eigenvalue weighted by Gasteiger charge is 2.30. The third kappa shape index (κ3) is 3.01. The van der Waals surface area contributed by atoms with E-state index in [1.165, 1.54) is 65.7 Å². The average Bonchev–Trinajstić information content (AvgIpc) is 3.52. The molecule has 0 atom stereocenters. The molecule has 7 aromatic carbocycles. The zero-order valence-corrected chi connectivity index (χ0v) is 23.4. The summed E-state index contributed by atoms with van der Waals surface area (Å²) in [4.78, 5) is 0. The van der Waals surface area contributed by atoms with Gasteiger partial charge in [0.05, 0.1) is 0 Å². The molecule has 0 saturated heterocycles. The minimum Gasteiger partial charge on any atom is -0.455 e. The molecule has 194 valence electrons. The Hall–Kier alpha value is -4.88. The van der Waals surface area contributed by atoms with Gasteiger partial charge in [0, 0.05) is 21.9 Å². The summed E-state index contributed by atoms with van der Waals surface area (Å²) in [7, 11) is 0. The highest BCUT2D eigenvalue weighted by molar-refractivity contribution is 6.28. The Morgan fingerprint density at radius 2 is 1.17 bits per heavy atom. The van der Waals surface area contributed by atoms with Crippen LogP contribution in [0.2, 0.25) is 0 Å². The van der Waals surface area contributed by atoms with Gasteiger partial charge in [0.15, 0.2) is 0 Å². The molecule has 0 unspecified atom stereocenters. The first-order valence-corrected chi connectivity index (χ1v) is 14.4. The zero-order chi connectivity index (χ0) is 27.5. The van der Waals surface area contributed by atoms with Crippen molar-refractivity contribution in [2.75, 3.05) is 0 Å². The molecule has 0 bridgehead atoms. The van der Waals surface area contributed by atoms with Gasteiger partial charge in [0.25, 0.3) is 0 Å². The molecule has 0 spiro atoms. The van der Waals surface area contributed by atoms with Gasteiger partial charge >= 0.3 is 0 Å². The first kappa shape index (κ1) is 22.9. The molecule has 1 aliphatic rings. The van der Waals surface area contributed by atoms with Crippen molar-refractivity contribution in [2.45, 2.75) is 26.2 Å². The second-order valence-electron chi connectivity index (χ2n) is 12.5. The molecule has 8 aromatic rings. The molecule has 9 rings (SSSR count). The Bertz CT molecular complexity index is 2390. The number of para-hydroxylation sites is 2. The molecule has 1 heterocycles. The van der Waals surface area contributed by atoms with Crippen LogP contribution in [0.25, 0.3) is 87.6 Å². The van der Waals surface area contributed by atoms with E-state index >= 15 is 0 Å². The van der Waals surface area contributed by atoms with Gasteiger partial charge in [-0.15, -0.1) is 0 Å². The standard InChI is InChI=1S/C40H28O/c1-40(2,3)33-21-20-27-32-22-24-19-18-23-10-4-5-11-25(23)35(24)38(37(32)30-15-9-14-29(33)36(27)30)31-16-8-13-28-26-12-6-7-17-34(26)41-39(28)31/h4-22H,1-3H3. The second kappa shape index (κ2) is 7.86. The molecule has 0 amide bonds. The molecule has 1 heteroatoms. The molecule has 0 aliphatic heterocycles. The normalized spacial score (nSPS) is 12.8. The molecular formula is C40H28O. The Kier molecular flexibility index (Phi) is 4.39. The van der Waals surface area contributed by atoms with Crippen molar-refractivity contribution in [1.82, 2.24) is 0 Å². The van der Waals surface area contributed by atoms with E-state index in [0.717, 1.165) is 27.5 Å². The lowest BCUT2D eigenvalue weighted by molar-refractivity contribution is 0.596. The minimum absolute atomic E-state index is 0.0511. The number of furan rings is 1. The average molecular weight is 525 g/mol. The minimum atomic E-state index is 0.0511. The van der Waals surface area contributed by atoms with Gasteiger partial charge in [-0.25, -0.2) is 0 Å². The zero-order valence-electron chi connectivity index (χ0n) is 23.4. The Morgan fingerprint density at radius 1 is 0.463 bits per heavy atom. The monoisotopic (exact) mass is 524 g/mol. The van der Waals surface area contributed by atoms with Crippen molar-refractivity contribution in [3.63, 3.8) is 0 Å². The predicted molar refractivity (Wildman–Crippen MR) is 175 cm³/mol. The van der Waals surface area contributed by atoms with E-state index in [1.807, 2.05) is 0 Å². The summed E-state index contributed by atoms with van der Waals surface area (Å²) in [5.74, 6) is 0. The van der Waals surface area contributed by atoms with Crippen LogP contribution in [0, 0.1) is 0 Å². The maximum atomic E-state index is 6.67. The smallest absolute Gasteiger partial charge is 0.143 e. The third-order valence-electron chi connectivity index (χ3n) is 9.11. The molecule has 1 aliphatic carbocycles. The topological polar surface area (TPSA) is 13.1 Å². The van der Waals surface area contributed by atoms with Crippen molar-refractivity contribution in [3.8, 4) is 33.4 Å². The van der Waals surface area contributed by atoms with E-state index in [1.54, 1.807) is 0 Å². The lowest BCUT2D eigenvalue weighted by Gasteiger charge is -2.22. The van der Waals surface area contributed by atoms with Crippen molar-refractivity contribution >= 4 is 54.3 Å². The summed E-state index contributed by atoms with van der Waals surface area (Å²) < 4.78 is 6.67. The summed E-state index contributed by atoms with van der Waals surface area (Å²) in [5.41, 5.74) is 11.0. The van der Waals surface area contributed by atoms with E-state index in [0.29, 0.717) is 0 Å². The van der Waals surface area contributed by atoms with Gasteiger partial charge < -0.3 is 4.42 Å². The number of fused-ring (bicyclic) bond motifs is 9. The van der Waals surface area contributed by atoms with Crippen LogP contribution in [0.1, 0.15) is 26.3 Å². The number of hydrogen-bond donors (Lipinski definition) is 0. The van der Waals surface area contributed by atoms with E-state index in [-0.39, 0.29) is 5.41 Å². The van der Waals surface area contributed by atoms with Crippen LogP contribution in [0.3, 0.4) is 0 Å². The lowest BCUT2D eigenvalue weighted by atomic mass is 9.82. The SMILES string of the molecule is CC(C)(C)c1ccc2c3c(cccc13)-c1c-2cc2ccc3ccccc3c2c1-c1cccc2c1oc1ccccc12. The van der Waals surface area contributed by atoms with Gasteiger partial charge in [-0.1, -0.05) is 124 Å². The first-order valence-electron chi connectivity index (χ1n) is 14.4. The first-order chi connectivity index (χ1) is 20.0.